The normalized spacial score (nSPS) is 28.2. The van der Waals surface area contributed by atoms with Crippen molar-refractivity contribution >= 4 is 23.2 Å². The molecule has 112 valence electrons. The predicted octanol–water partition coefficient (Wildman–Crippen LogP) is 5.77. The molecule has 0 aromatic heterocycles. The highest BCUT2D eigenvalue weighted by Crippen LogP contribution is 2.44. The van der Waals surface area contributed by atoms with E-state index in [1.807, 2.05) is 18.2 Å². The summed E-state index contributed by atoms with van der Waals surface area (Å²) in [6.45, 7) is 6.98. The Morgan fingerprint density at radius 2 is 1.85 bits per heavy atom. The van der Waals surface area contributed by atoms with Crippen LogP contribution in [-0.4, -0.2) is 0 Å². The molecule has 1 fully saturated rings. The zero-order chi connectivity index (χ0) is 15.0. The van der Waals surface area contributed by atoms with E-state index < -0.39 is 0 Å². The second-order valence-corrected chi connectivity index (χ2v) is 8.12. The van der Waals surface area contributed by atoms with Gasteiger partial charge in [0.05, 0.1) is 0 Å². The van der Waals surface area contributed by atoms with Crippen molar-refractivity contribution in [2.75, 3.05) is 0 Å². The molecular formula is C17H25Cl2N. The molecule has 1 nitrogen and oxygen atoms in total. The van der Waals surface area contributed by atoms with Gasteiger partial charge in [0, 0.05) is 15.6 Å². The summed E-state index contributed by atoms with van der Waals surface area (Å²) in [5, 5.41) is 1.46. The summed E-state index contributed by atoms with van der Waals surface area (Å²) < 4.78 is 0. The standard InChI is InChI=1S/C17H25Cl2N/c1-16(2,3)12-5-4-9-17(20,10-8-12)14-11-13(18)6-7-15(14)19/h6-7,11-12H,4-5,8-10,20H2,1-3H3. The Bertz CT molecular complexity index is 478. The van der Waals surface area contributed by atoms with Crippen molar-refractivity contribution in [2.45, 2.75) is 58.4 Å². The van der Waals surface area contributed by atoms with Gasteiger partial charge in [0.2, 0.25) is 0 Å². The minimum Gasteiger partial charge on any atom is -0.321 e. The highest BCUT2D eigenvalue weighted by Gasteiger charge is 2.35. The maximum atomic E-state index is 6.71. The fourth-order valence-electron chi connectivity index (χ4n) is 3.38. The number of halogens is 2. The average Bonchev–Trinajstić information content (AvgIpc) is 2.55. The lowest BCUT2D eigenvalue weighted by Gasteiger charge is -2.32. The molecule has 1 saturated carbocycles. The molecule has 1 aliphatic rings. The third-order valence-electron chi connectivity index (χ3n) is 4.80. The first-order valence-corrected chi connectivity index (χ1v) is 8.22. The number of hydrogen-bond donors (Lipinski definition) is 1. The molecule has 1 aliphatic carbocycles. The van der Waals surface area contributed by atoms with E-state index in [0.717, 1.165) is 42.2 Å². The summed E-state index contributed by atoms with van der Waals surface area (Å²) in [5.41, 5.74) is 7.75. The zero-order valence-electron chi connectivity index (χ0n) is 12.7. The van der Waals surface area contributed by atoms with Crippen LogP contribution >= 0.6 is 23.2 Å². The number of benzene rings is 1. The largest absolute Gasteiger partial charge is 0.321 e. The summed E-state index contributed by atoms with van der Waals surface area (Å²) >= 11 is 12.5. The minimum atomic E-state index is -0.331. The molecule has 0 saturated heterocycles. The summed E-state index contributed by atoms with van der Waals surface area (Å²) in [4.78, 5) is 0. The third-order valence-corrected chi connectivity index (χ3v) is 5.37. The van der Waals surface area contributed by atoms with Crippen molar-refractivity contribution in [3.63, 3.8) is 0 Å². The van der Waals surface area contributed by atoms with Crippen LogP contribution in [0.4, 0.5) is 0 Å². The van der Waals surface area contributed by atoms with E-state index in [4.69, 9.17) is 28.9 Å². The molecule has 0 amide bonds. The average molecular weight is 314 g/mol. The Hall–Kier alpha value is -0.240. The van der Waals surface area contributed by atoms with Crippen LogP contribution in [0.25, 0.3) is 0 Å². The molecule has 2 atom stereocenters. The molecule has 20 heavy (non-hydrogen) atoms. The van der Waals surface area contributed by atoms with Crippen molar-refractivity contribution in [2.24, 2.45) is 17.1 Å². The maximum Gasteiger partial charge on any atom is 0.0457 e. The second kappa shape index (κ2) is 5.87. The van der Waals surface area contributed by atoms with Gasteiger partial charge in [0.15, 0.2) is 0 Å². The smallest absolute Gasteiger partial charge is 0.0457 e. The van der Waals surface area contributed by atoms with Crippen molar-refractivity contribution in [3.05, 3.63) is 33.8 Å². The topological polar surface area (TPSA) is 26.0 Å². The first kappa shape index (κ1) is 16.1. The lowest BCUT2D eigenvalue weighted by atomic mass is 9.75. The van der Waals surface area contributed by atoms with E-state index >= 15 is 0 Å². The van der Waals surface area contributed by atoms with Crippen molar-refractivity contribution < 1.29 is 0 Å². The Morgan fingerprint density at radius 3 is 2.50 bits per heavy atom. The fourth-order valence-corrected chi connectivity index (χ4v) is 3.86. The molecule has 0 radical (unpaired) electrons. The molecule has 1 aromatic rings. The van der Waals surface area contributed by atoms with E-state index in [9.17, 15) is 0 Å². The minimum absolute atomic E-state index is 0.331. The molecule has 1 aromatic carbocycles. The number of hydrogen-bond acceptors (Lipinski definition) is 1. The van der Waals surface area contributed by atoms with Gasteiger partial charge in [-0.25, -0.2) is 0 Å². The monoisotopic (exact) mass is 313 g/mol. The van der Waals surface area contributed by atoms with Crippen LogP contribution < -0.4 is 5.73 Å². The van der Waals surface area contributed by atoms with Gasteiger partial charge in [0.25, 0.3) is 0 Å². The predicted molar refractivity (Wildman–Crippen MR) is 88.4 cm³/mol. The third kappa shape index (κ3) is 3.50. The molecule has 0 heterocycles. The van der Waals surface area contributed by atoms with Gasteiger partial charge in [0.1, 0.15) is 0 Å². The van der Waals surface area contributed by atoms with E-state index in [0.29, 0.717) is 10.4 Å². The fraction of sp³-hybridized carbons (Fsp3) is 0.647. The zero-order valence-corrected chi connectivity index (χ0v) is 14.2. The van der Waals surface area contributed by atoms with E-state index in [1.165, 1.54) is 6.42 Å². The first-order chi connectivity index (χ1) is 9.22. The van der Waals surface area contributed by atoms with Gasteiger partial charge in [-0.05, 0) is 60.8 Å². The van der Waals surface area contributed by atoms with E-state index in [2.05, 4.69) is 20.8 Å². The number of rotatable bonds is 1. The van der Waals surface area contributed by atoms with Crippen LogP contribution in [0.2, 0.25) is 10.0 Å². The molecule has 0 bridgehead atoms. The van der Waals surface area contributed by atoms with Crippen LogP contribution in [0.15, 0.2) is 18.2 Å². The van der Waals surface area contributed by atoms with Crippen LogP contribution in [0.1, 0.15) is 58.4 Å². The molecule has 0 aliphatic heterocycles. The van der Waals surface area contributed by atoms with Crippen LogP contribution in [-0.2, 0) is 5.54 Å². The van der Waals surface area contributed by atoms with Gasteiger partial charge >= 0.3 is 0 Å². The summed E-state index contributed by atoms with van der Waals surface area (Å²) in [6, 6.07) is 5.63. The lowest BCUT2D eigenvalue weighted by Crippen LogP contribution is -2.36. The number of nitrogens with two attached hydrogens (primary N) is 1. The van der Waals surface area contributed by atoms with E-state index in [-0.39, 0.29) is 5.54 Å². The Morgan fingerprint density at radius 1 is 1.15 bits per heavy atom. The Balaban J connectivity index is 2.25. The SMILES string of the molecule is CC(C)(C)C1CCCC(N)(c2cc(Cl)ccc2Cl)CC1. The quantitative estimate of drug-likeness (QED) is 0.654. The first-order valence-electron chi connectivity index (χ1n) is 7.47. The maximum absolute atomic E-state index is 6.71. The van der Waals surface area contributed by atoms with Crippen molar-refractivity contribution in [1.82, 2.24) is 0 Å². The van der Waals surface area contributed by atoms with Gasteiger partial charge in [-0.1, -0.05) is 50.4 Å². The van der Waals surface area contributed by atoms with Crippen molar-refractivity contribution in [3.8, 4) is 0 Å². The molecule has 0 spiro atoms. The highest BCUT2D eigenvalue weighted by atomic mass is 35.5. The highest BCUT2D eigenvalue weighted by molar-refractivity contribution is 6.33. The molecule has 2 N–H and O–H groups in total. The lowest BCUT2D eigenvalue weighted by molar-refractivity contribution is 0.211. The Kier molecular flexibility index (Phi) is 4.73. The van der Waals surface area contributed by atoms with Gasteiger partial charge in [-0.3, -0.25) is 0 Å². The van der Waals surface area contributed by atoms with Gasteiger partial charge in [-0.2, -0.15) is 0 Å². The second-order valence-electron chi connectivity index (χ2n) is 7.27. The van der Waals surface area contributed by atoms with Crippen LogP contribution in [0.5, 0.6) is 0 Å². The summed E-state index contributed by atoms with van der Waals surface area (Å²) in [7, 11) is 0. The molecular weight excluding hydrogens is 289 g/mol. The molecule has 2 rings (SSSR count). The van der Waals surface area contributed by atoms with Gasteiger partial charge in [-0.15, -0.1) is 0 Å². The van der Waals surface area contributed by atoms with E-state index in [1.54, 1.807) is 0 Å². The summed E-state index contributed by atoms with van der Waals surface area (Å²) in [5.74, 6) is 0.728. The molecule has 3 heteroatoms. The van der Waals surface area contributed by atoms with Gasteiger partial charge < -0.3 is 5.73 Å². The Labute approximate surface area is 132 Å². The summed E-state index contributed by atoms with van der Waals surface area (Å²) in [6.07, 6.45) is 5.53. The van der Waals surface area contributed by atoms with Crippen molar-refractivity contribution in [1.29, 1.82) is 0 Å². The molecule has 2 unspecified atom stereocenters. The van der Waals surface area contributed by atoms with Crippen LogP contribution in [0, 0.1) is 11.3 Å². The van der Waals surface area contributed by atoms with Crippen LogP contribution in [0.3, 0.4) is 0 Å².